The maximum absolute atomic E-state index is 13.5. The maximum Gasteiger partial charge on any atom is 0.165 e. The summed E-state index contributed by atoms with van der Waals surface area (Å²) < 4.78 is 18.5. The zero-order chi connectivity index (χ0) is 14.1. The third kappa shape index (κ3) is 2.67. The van der Waals surface area contributed by atoms with E-state index in [9.17, 15) is 4.39 Å². The molecule has 3 aliphatic heterocycles. The zero-order valence-corrected chi connectivity index (χ0v) is 12.2. The fourth-order valence-corrected chi connectivity index (χ4v) is 3.52. The minimum atomic E-state index is -0.300. The first kappa shape index (κ1) is 13.8. The molecule has 1 aromatic carbocycles. The van der Waals surface area contributed by atoms with Gasteiger partial charge >= 0.3 is 0 Å². The first-order valence-electron chi connectivity index (χ1n) is 7.49. The highest BCUT2D eigenvalue weighted by Gasteiger charge is 2.34. The van der Waals surface area contributed by atoms with Crippen LogP contribution in [0.2, 0.25) is 0 Å². The van der Waals surface area contributed by atoms with Crippen molar-refractivity contribution in [3.8, 4) is 5.75 Å². The molecule has 3 aliphatic rings. The van der Waals surface area contributed by atoms with Crippen LogP contribution in [0.25, 0.3) is 0 Å². The molecule has 4 heteroatoms. The van der Waals surface area contributed by atoms with Crippen molar-refractivity contribution in [3.05, 3.63) is 29.6 Å². The number of hydrogen-bond acceptors (Lipinski definition) is 3. The molecule has 110 valence electrons. The van der Waals surface area contributed by atoms with Crippen LogP contribution in [0.15, 0.2) is 18.2 Å². The topological polar surface area (TPSA) is 24.5 Å². The Morgan fingerprint density at radius 3 is 2.70 bits per heavy atom. The lowest BCUT2D eigenvalue weighted by Gasteiger charge is -2.46. The smallest absolute Gasteiger partial charge is 0.165 e. The molecule has 4 rings (SSSR count). The van der Waals surface area contributed by atoms with E-state index in [-0.39, 0.29) is 11.9 Å². The van der Waals surface area contributed by atoms with Gasteiger partial charge in [0.2, 0.25) is 0 Å². The Labute approximate surface area is 120 Å². The van der Waals surface area contributed by atoms with Crippen molar-refractivity contribution in [3.63, 3.8) is 0 Å². The molecule has 1 aromatic rings. The van der Waals surface area contributed by atoms with Crippen molar-refractivity contribution in [1.82, 2.24) is 10.2 Å². The van der Waals surface area contributed by atoms with E-state index >= 15 is 0 Å². The Morgan fingerprint density at radius 1 is 1.35 bits per heavy atom. The molecule has 0 aromatic heterocycles. The number of nitrogens with one attached hydrogen (secondary N) is 1. The molecule has 0 amide bonds. The van der Waals surface area contributed by atoms with Crippen LogP contribution in [0, 0.1) is 11.7 Å². The Kier molecular flexibility index (Phi) is 3.94. The van der Waals surface area contributed by atoms with Gasteiger partial charge in [-0.2, -0.15) is 0 Å². The summed E-state index contributed by atoms with van der Waals surface area (Å²) in [7, 11) is 1.51. The molecule has 0 aliphatic carbocycles. The number of ether oxygens (including phenoxy) is 1. The molecule has 3 heterocycles. The minimum Gasteiger partial charge on any atom is -0.494 e. The summed E-state index contributed by atoms with van der Waals surface area (Å²) in [6, 6.07) is 5.91. The van der Waals surface area contributed by atoms with Crippen LogP contribution >= 0.6 is 0 Å². The summed E-state index contributed by atoms with van der Waals surface area (Å²) in [5, 5.41) is 3.72. The summed E-state index contributed by atoms with van der Waals surface area (Å²) in [5.41, 5.74) is 1.08. The predicted molar refractivity (Wildman–Crippen MR) is 77.5 cm³/mol. The quantitative estimate of drug-likeness (QED) is 0.916. The minimum absolute atomic E-state index is 0.218. The van der Waals surface area contributed by atoms with Gasteiger partial charge in [-0.05, 0) is 56.5 Å². The number of piperidine rings is 3. The van der Waals surface area contributed by atoms with E-state index in [0.29, 0.717) is 11.8 Å². The van der Waals surface area contributed by atoms with Crippen LogP contribution in [-0.4, -0.2) is 37.7 Å². The van der Waals surface area contributed by atoms with Crippen LogP contribution in [-0.2, 0) is 0 Å². The van der Waals surface area contributed by atoms with Crippen LogP contribution in [0.5, 0.6) is 5.75 Å². The molecule has 20 heavy (non-hydrogen) atoms. The van der Waals surface area contributed by atoms with Gasteiger partial charge < -0.3 is 15.0 Å². The van der Waals surface area contributed by atoms with Crippen molar-refractivity contribution in [2.24, 2.45) is 5.92 Å². The second-order valence-corrected chi connectivity index (χ2v) is 6.03. The van der Waals surface area contributed by atoms with Gasteiger partial charge in [0.15, 0.2) is 11.6 Å². The second kappa shape index (κ2) is 5.70. The van der Waals surface area contributed by atoms with Crippen molar-refractivity contribution in [2.45, 2.75) is 31.8 Å². The molecule has 2 unspecified atom stereocenters. The molecule has 1 N–H and O–H groups in total. The van der Waals surface area contributed by atoms with E-state index < -0.39 is 0 Å². The number of fused-ring (bicyclic) bond motifs is 3. The monoisotopic (exact) mass is 278 g/mol. The van der Waals surface area contributed by atoms with Crippen LogP contribution in [0.3, 0.4) is 0 Å². The molecule has 0 spiro atoms. The maximum atomic E-state index is 13.5. The molecular weight excluding hydrogens is 255 g/mol. The summed E-state index contributed by atoms with van der Waals surface area (Å²) in [6.07, 6.45) is 2.61. The average molecular weight is 278 g/mol. The van der Waals surface area contributed by atoms with Gasteiger partial charge in [-0.25, -0.2) is 4.39 Å². The van der Waals surface area contributed by atoms with Gasteiger partial charge in [-0.15, -0.1) is 0 Å². The van der Waals surface area contributed by atoms with Crippen LogP contribution in [0.4, 0.5) is 4.39 Å². The highest BCUT2D eigenvalue weighted by Crippen LogP contribution is 2.30. The SMILES string of the molecule is COc1cc(C(C)NC2CN3CCC2CC3)ccc1F. The lowest BCUT2D eigenvalue weighted by molar-refractivity contribution is 0.0680. The van der Waals surface area contributed by atoms with Crippen molar-refractivity contribution in [1.29, 1.82) is 0 Å². The number of rotatable bonds is 4. The van der Waals surface area contributed by atoms with E-state index in [1.165, 1.54) is 39.1 Å². The molecule has 2 bridgehead atoms. The lowest BCUT2D eigenvalue weighted by Crippen LogP contribution is -2.56. The third-order valence-electron chi connectivity index (χ3n) is 4.80. The normalized spacial score (nSPS) is 30.2. The average Bonchev–Trinajstić information content (AvgIpc) is 2.49. The summed E-state index contributed by atoms with van der Waals surface area (Å²) in [6.45, 7) is 5.79. The van der Waals surface area contributed by atoms with Crippen LogP contribution < -0.4 is 10.1 Å². The fourth-order valence-electron chi connectivity index (χ4n) is 3.52. The summed E-state index contributed by atoms with van der Waals surface area (Å²) >= 11 is 0. The van der Waals surface area contributed by atoms with E-state index in [1.54, 1.807) is 6.07 Å². The van der Waals surface area contributed by atoms with Gasteiger partial charge in [0.05, 0.1) is 7.11 Å². The van der Waals surface area contributed by atoms with Crippen molar-refractivity contribution < 1.29 is 9.13 Å². The van der Waals surface area contributed by atoms with E-state index in [2.05, 4.69) is 17.1 Å². The fraction of sp³-hybridized carbons (Fsp3) is 0.625. The Morgan fingerprint density at radius 2 is 2.10 bits per heavy atom. The third-order valence-corrected chi connectivity index (χ3v) is 4.80. The van der Waals surface area contributed by atoms with Gasteiger partial charge in [0, 0.05) is 18.6 Å². The lowest BCUT2D eigenvalue weighted by atomic mass is 9.83. The van der Waals surface area contributed by atoms with Crippen molar-refractivity contribution in [2.75, 3.05) is 26.7 Å². The summed E-state index contributed by atoms with van der Waals surface area (Å²) in [4.78, 5) is 2.54. The van der Waals surface area contributed by atoms with E-state index in [0.717, 1.165) is 18.0 Å². The highest BCUT2D eigenvalue weighted by molar-refractivity contribution is 5.32. The highest BCUT2D eigenvalue weighted by atomic mass is 19.1. The van der Waals surface area contributed by atoms with E-state index in [1.807, 2.05) is 6.07 Å². The number of halogens is 1. The Bertz CT molecular complexity index is 472. The van der Waals surface area contributed by atoms with E-state index in [4.69, 9.17) is 4.74 Å². The molecule has 3 nitrogen and oxygen atoms in total. The largest absolute Gasteiger partial charge is 0.494 e. The van der Waals surface area contributed by atoms with Gasteiger partial charge in [-0.3, -0.25) is 0 Å². The predicted octanol–water partition coefficient (Wildman–Crippen LogP) is 2.58. The molecule has 0 saturated carbocycles. The molecule has 3 fully saturated rings. The van der Waals surface area contributed by atoms with Gasteiger partial charge in [0.25, 0.3) is 0 Å². The molecule has 2 atom stereocenters. The number of nitrogens with zero attached hydrogens (tertiary/aromatic N) is 1. The number of methoxy groups -OCH3 is 1. The Balaban J connectivity index is 1.68. The standard InChI is InChI=1S/C16H23FN2O/c1-11(13-3-4-14(17)16(9-13)20-2)18-15-10-19-7-5-12(15)6-8-19/h3-4,9,11-12,15,18H,5-8,10H2,1-2H3. The molecule has 3 saturated heterocycles. The van der Waals surface area contributed by atoms with Crippen LogP contribution in [0.1, 0.15) is 31.4 Å². The summed E-state index contributed by atoms with van der Waals surface area (Å²) in [5.74, 6) is 0.821. The second-order valence-electron chi connectivity index (χ2n) is 6.03. The zero-order valence-electron chi connectivity index (χ0n) is 12.2. The number of hydrogen-bond donors (Lipinski definition) is 1. The number of benzene rings is 1. The Hall–Kier alpha value is -1.13. The first-order chi connectivity index (χ1) is 9.67. The molecule has 0 radical (unpaired) electrons. The van der Waals surface area contributed by atoms with Gasteiger partial charge in [0.1, 0.15) is 0 Å². The first-order valence-corrected chi connectivity index (χ1v) is 7.49. The van der Waals surface area contributed by atoms with Crippen molar-refractivity contribution >= 4 is 0 Å². The van der Waals surface area contributed by atoms with Gasteiger partial charge in [-0.1, -0.05) is 6.07 Å². The molecular formula is C16H23FN2O.